The molecule has 3 rings (SSSR count). The van der Waals surface area contributed by atoms with Crippen molar-refractivity contribution in [1.29, 1.82) is 0 Å². The maximum atomic E-state index is 12.7. The smallest absolute Gasteiger partial charge is 0.270 e. The highest BCUT2D eigenvalue weighted by molar-refractivity contribution is 5.99. The Hall–Kier alpha value is -2.89. The number of hydrogen-bond acceptors (Lipinski definition) is 4. The number of phenolic OH excluding ortho intramolecular Hbond substituents is 1. The molecular formula is C20H23N3O3. The molecule has 6 nitrogen and oxygen atoms in total. The highest BCUT2D eigenvalue weighted by Gasteiger charge is 2.31. The highest BCUT2D eigenvalue weighted by atomic mass is 16.3. The summed E-state index contributed by atoms with van der Waals surface area (Å²) < 4.78 is 0. The van der Waals surface area contributed by atoms with Gasteiger partial charge in [0.25, 0.3) is 5.91 Å². The summed E-state index contributed by atoms with van der Waals surface area (Å²) >= 11 is 0. The normalized spacial score (nSPS) is 16.0. The van der Waals surface area contributed by atoms with Gasteiger partial charge in [-0.25, -0.2) is 0 Å². The number of benzene rings is 1. The van der Waals surface area contributed by atoms with Crippen molar-refractivity contribution in [1.82, 2.24) is 10.3 Å². The second kappa shape index (κ2) is 6.78. The number of fused-ring (bicyclic) bond motifs is 1. The number of phenols is 1. The molecule has 1 aliphatic carbocycles. The van der Waals surface area contributed by atoms with Crippen molar-refractivity contribution < 1.29 is 14.7 Å². The van der Waals surface area contributed by atoms with Gasteiger partial charge in [-0.2, -0.15) is 0 Å². The first-order valence-corrected chi connectivity index (χ1v) is 8.65. The van der Waals surface area contributed by atoms with E-state index in [0.717, 1.165) is 12.0 Å². The molecule has 0 fully saturated rings. The third-order valence-electron chi connectivity index (χ3n) is 4.29. The minimum absolute atomic E-state index is 0.153. The van der Waals surface area contributed by atoms with Gasteiger partial charge in [0.05, 0.1) is 5.92 Å². The molecule has 26 heavy (non-hydrogen) atoms. The molecule has 1 unspecified atom stereocenters. The predicted octanol–water partition coefficient (Wildman–Crippen LogP) is 2.98. The molecule has 0 saturated heterocycles. The van der Waals surface area contributed by atoms with E-state index in [1.807, 2.05) is 26.8 Å². The number of amides is 2. The van der Waals surface area contributed by atoms with E-state index < -0.39 is 5.92 Å². The predicted molar refractivity (Wildman–Crippen MR) is 99.3 cm³/mol. The number of hydrogen-bond donors (Lipinski definition) is 3. The minimum Gasteiger partial charge on any atom is -0.508 e. The molecule has 2 aromatic rings. The van der Waals surface area contributed by atoms with Crippen LogP contribution in [0.3, 0.4) is 0 Å². The van der Waals surface area contributed by atoms with Crippen LogP contribution < -0.4 is 10.6 Å². The standard InChI is InChI=1S/C20H23N3O3/c1-20(2,3)23-19(26)15-11-13(9-10-21-15)22-18(25)14-8-7-12-5-4-6-16(24)17(12)14/h4-6,9-11,14,24H,7-8H2,1-3H3,(H,23,26)(H,21,22,25). The van der Waals surface area contributed by atoms with Gasteiger partial charge < -0.3 is 15.7 Å². The van der Waals surface area contributed by atoms with Crippen molar-refractivity contribution in [3.8, 4) is 5.75 Å². The molecule has 0 bridgehead atoms. The van der Waals surface area contributed by atoms with Gasteiger partial charge in [-0.05, 0) is 57.4 Å². The number of aromatic nitrogens is 1. The second-order valence-corrected chi connectivity index (χ2v) is 7.56. The Morgan fingerprint density at radius 3 is 2.73 bits per heavy atom. The molecule has 0 spiro atoms. The summed E-state index contributed by atoms with van der Waals surface area (Å²) in [6, 6.07) is 8.53. The summed E-state index contributed by atoms with van der Waals surface area (Å²) in [5.74, 6) is -0.734. The third-order valence-corrected chi connectivity index (χ3v) is 4.29. The Kier molecular flexibility index (Phi) is 4.68. The molecule has 0 saturated carbocycles. The van der Waals surface area contributed by atoms with Crippen LogP contribution in [-0.2, 0) is 11.2 Å². The molecule has 1 atom stereocenters. The SMILES string of the molecule is CC(C)(C)NC(=O)c1cc(NC(=O)C2CCc3cccc(O)c32)ccn1. The Morgan fingerprint density at radius 2 is 2.00 bits per heavy atom. The summed E-state index contributed by atoms with van der Waals surface area (Å²) in [4.78, 5) is 29.0. The highest BCUT2D eigenvalue weighted by Crippen LogP contribution is 2.39. The Balaban J connectivity index is 1.76. The van der Waals surface area contributed by atoms with Gasteiger partial charge in [0, 0.05) is 23.0 Å². The molecular weight excluding hydrogens is 330 g/mol. The summed E-state index contributed by atoms with van der Waals surface area (Å²) in [5.41, 5.74) is 2.08. The lowest BCUT2D eigenvalue weighted by atomic mass is 9.99. The Morgan fingerprint density at radius 1 is 1.23 bits per heavy atom. The minimum atomic E-state index is -0.397. The van der Waals surface area contributed by atoms with E-state index in [0.29, 0.717) is 17.7 Å². The van der Waals surface area contributed by atoms with Gasteiger partial charge in [0.2, 0.25) is 5.91 Å². The van der Waals surface area contributed by atoms with Crippen molar-refractivity contribution in [2.24, 2.45) is 0 Å². The van der Waals surface area contributed by atoms with E-state index in [9.17, 15) is 14.7 Å². The number of carbonyl (C=O) groups excluding carboxylic acids is 2. The molecule has 6 heteroatoms. The Labute approximate surface area is 152 Å². The monoisotopic (exact) mass is 353 g/mol. The summed E-state index contributed by atoms with van der Waals surface area (Å²) in [6.45, 7) is 5.67. The maximum absolute atomic E-state index is 12.7. The summed E-state index contributed by atoms with van der Waals surface area (Å²) in [6.07, 6.45) is 2.91. The van der Waals surface area contributed by atoms with Crippen LogP contribution in [0.1, 0.15) is 54.7 Å². The van der Waals surface area contributed by atoms with Crippen LogP contribution in [-0.4, -0.2) is 27.4 Å². The van der Waals surface area contributed by atoms with Crippen molar-refractivity contribution in [2.45, 2.75) is 45.1 Å². The molecule has 0 aliphatic heterocycles. The number of anilines is 1. The number of rotatable bonds is 3. The topological polar surface area (TPSA) is 91.3 Å². The first kappa shape index (κ1) is 17.9. The number of aromatic hydroxyl groups is 1. The van der Waals surface area contributed by atoms with Crippen LogP contribution >= 0.6 is 0 Å². The summed E-state index contributed by atoms with van der Waals surface area (Å²) in [7, 11) is 0. The molecule has 0 radical (unpaired) electrons. The van der Waals surface area contributed by atoms with Crippen LogP contribution in [0.15, 0.2) is 36.5 Å². The second-order valence-electron chi connectivity index (χ2n) is 7.56. The maximum Gasteiger partial charge on any atom is 0.270 e. The van der Waals surface area contributed by atoms with Crippen LogP contribution in [0, 0.1) is 0 Å². The molecule has 1 heterocycles. The van der Waals surface area contributed by atoms with Gasteiger partial charge in [0.15, 0.2) is 0 Å². The first-order chi connectivity index (χ1) is 12.2. The van der Waals surface area contributed by atoms with Gasteiger partial charge in [-0.1, -0.05) is 12.1 Å². The lowest BCUT2D eigenvalue weighted by Gasteiger charge is -2.20. The van der Waals surface area contributed by atoms with Crippen molar-refractivity contribution >= 4 is 17.5 Å². The van der Waals surface area contributed by atoms with E-state index in [1.165, 1.54) is 6.20 Å². The first-order valence-electron chi connectivity index (χ1n) is 8.65. The molecule has 1 aromatic carbocycles. The zero-order valence-electron chi connectivity index (χ0n) is 15.2. The van der Waals surface area contributed by atoms with E-state index in [-0.39, 0.29) is 28.8 Å². The molecule has 136 valence electrons. The molecule has 1 aliphatic rings. The quantitative estimate of drug-likeness (QED) is 0.791. The van der Waals surface area contributed by atoms with Gasteiger partial charge in [-0.15, -0.1) is 0 Å². The zero-order valence-corrected chi connectivity index (χ0v) is 15.2. The van der Waals surface area contributed by atoms with Crippen LogP contribution in [0.2, 0.25) is 0 Å². The number of pyridine rings is 1. The fourth-order valence-corrected chi connectivity index (χ4v) is 3.19. The van der Waals surface area contributed by atoms with E-state index in [2.05, 4.69) is 15.6 Å². The van der Waals surface area contributed by atoms with E-state index in [4.69, 9.17) is 0 Å². The van der Waals surface area contributed by atoms with E-state index in [1.54, 1.807) is 24.3 Å². The fourth-order valence-electron chi connectivity index (χ4n) is 3.19. The summed E-state index contributed by atoms with van der Waals surface area (Å²) in [5, 5.41) is 15.8. The van der Waals surface area contributed by atoms with Crippen molar-refractivity contribution in [3.05, 3.63) is 53.3 Å². The largest absolute Gasteiger partial charge is 0.508 e. The van der Waals surface area contributed by atoms with Crippen LogP contribution in [0.5, 0.6) is 5.75 Å². The number of nitrogens with zero attached hydrogens (tertiary/aromatic N) is 1. The zero-order chi connectivity index (χ0) is 18.9. The van der Waals surface area contributed by atoms with E-state index >= 15 is 0 Å². The average Bonchev–Trinajstić information content (AvgIpc) is 2.99. The molecule has 2 amide bonds. The Bertz CT molecular complexity index is 856. The van der Waals surface area contributed by atoms with Gasteiger partial charge >= 0.3 is 0 Å². The lowest BCUT2D eigenvalue weighted by Crippen LogP contribution is -2.40. The lowest BCUT2D eigenvalue weighted by molar-refractivity contribution is -0.117. The van der Waals surface area contributed by atoms with Crippen molar-refractivity contribution in [3.63, 3.8) is 0 Å². The number of carbonyl (C=O) groups is 2. The van der Waals surface area contributed by atoms with Gasteiger partial charge in [-0.3, -0.25) is 14.6 Å². The third kappa shape index (κ3) is 3.85. The fraction of sp³-hybridized carbons (Fsp3) is 0.350. The van der Waals surface area contributed by atoms with Crippen LogP contribution in [0.4, 0.5) is 5.69 Å². The molecule has 3 N–H and O–H groups in total. The van der Waals surface area contributed by atoms with Crippen molar-refractivity contribution in [2.75, 3.05) is 5.32 Å². The van der Waals surface area contributed by atoms with Gasteiger partial charge in [0.1, 0.15) is 11.4 Å². The molecule has 1 aromatic heterocycles. The number of nitrogens with one attached hydrogen (secondary N) is 2. The number of aryl methyl sites for hydroxylation is 1. The average molecular weight is 353 g/mol. The van der Waals surface area contributed by atoms with Crippen LogP contribution in [0.25, 0.3) is 0 Å².